The van der Waals surface area contributed by atoms with E-state index in [4.69, 9.17) is 5.73 Å². The van der Waals surface area contributed by atoms with Crippen molar-refractivity contribution in [2.75, 3.05) is 6.54 Å². The minimum atomic E-state index is 0.702. The fourth-order valence-electron chi connectivity index (χ4n) is 1.46. The Bertz CT molecular complexity index is 420. The van der Waals surface area contributed by atoms with Crippen LogP contribution in [0.15, 0.2) is 28.9 Å². The Balaban J connectivity index is 2.50. The van der Waals surface area contributed by atoms with Crippen LogP contribution in [0.4, 0.5) is 0 Å². The normalized spacial score (nSPS) is 10.9. The summed E-state index contributed by atoms with van der Waals surface area (Å²) < 4.78 is 1.11. The second kappa shape index (κ2) is 3.52. The maximum atomic E-state index is 5.49. The zero-order chi connectivity index (χ0) is 9.26. The van der Waals surface area contributed by atoms with Crippen LogP contribution in [0.5, 0.6) is 0 Å². The number of hydrogen-bond acceptors (Lipinski definition) is 1. The number of aromatic amines is 1. The molecule has 2 rings (SSSR count). The lowest BCUT2D eigenvalue weighted by Crippen LogP contribution is -2.02. The van der Waals surface area contributed by atoms with Gasteiger partial charge in [-0.1, -0.05) is 12.1 Å². The van der Waals surface area contributed by atoms with Gasteiger partial charge in [0, 0.05) is 21.6 Å². The van der Waals surface area contributed by atoms with Gasteiger partial charge in [0.15, 0.2) is 0 Å². The summed E-state index contributed by atoms with van der Waals surface area (Å²) in [5.41, 5.74) is 7.94. The van der Waals surface area contributed by atoms with Gasteiger partial charge < -0.3 is 10.7 Å². The highest BCUT2D eigenvalue weighted by molar-refractivity contribution is 9.10. The van der Waals surface area contributed by atoms with Crippen molar-refractivity contribution in [3.05, 3.63) is 34.4 Å². The molecule has 1 aromatic heterocycles. The molecule has 0 aliphatic rings. The third-order valence-corrected chi connectivity index (χ3v) is 2.78. The van der Waals surface area contributed by atoms with E-state index in [1.807, 2.05) is 6.20 Å². The molecule has 0 spiro atoms. The third kappa shape index (κ3) is 1.62. The summed E-state index contributed by atoms with van der Waals surface area (Å²) in [6.07, 6.45) is 2.89. The Kier molecular flexibility index (Phi) is 2.38. The first-order valence-electron chi connectivity index (χ1n) is 4.27. The lowest BCUT2D eigenvalue weighted by atomic mass is 10.1. The lowest BCUT2D eigenvalue weighted by molar-refractivity contribution is 0.970. The van der Waals surface area contributed by atoms with Gasteiger partial charge >= 0.3 is 0 Å². The smallest absolute Gasteiger partial charge is 0.0468 e. The quantitative estimate of drug-likeness (QED) is 0.830. The first-order valence-corrected chi connectivity index (χ1v) is 5.06. The van der Waals surface area contributed by atoms with E-state index in [2.05, 4.69) is 39.1 Å². The van der Waals surface area contributed by atoms with Gasteiger partial charge in [-0.15, -0.1) is 0 Å². The summed E-state index contributed by atoms with van der Waals surface area (Å²) >= 11 is 3.47. The van der Waals surface area contributed by atoms with E-state index >= 15 is 0 Å². The summed E-state index contributed by atoms with van der Waals surface area (Å²) in [6.45, 7) is 0.702. The van der Waals surface area contributed by atoms with Crippen molar-refractivity contribution in [3.8, 4) is 0 Å². The molecule has 0 aliphatic carbocycles. The molecule has 0 aliphatic heterocycles. The number of aromatic nitrogens is 1. The van der Waals surface area contributed by atoms with Crippen molar-refractivity contribution >= 4 is 26.8 Å². The monoisotopic (exact) mass is 238 g/mol. The molecule has 3 heteroatoms. The van der Waals surface area contributed by atoms with Crippen molar-refractivity contribution in [2.45, 2.75) is 6.42 Å². The van der Waals surface area contributed by atoms with E-state index < -0.39 is 0 Å². The molecule has 0 saturated heterocycles. The molecule has 1 aromatic carbocycles. The highest BCUT2D eigenvalue weighted by Crippen LogP contribution is 2.24. The standard InChI is InChI=1S/C10H11BrN2/c11-9-6-13-10-5-7(3-4-12)1-2-8(9)10/h1-2,5-6,13H,3-4,12H2. The SMILES string of the molecule is NCCc1ccc2c(Br)c[nH]c2c1. The summed E-state index contributed by atoms with van der Waals surface area (Å²) in [7, 11) is 0. The summed E-state index contributed by atoms with van der Waals surface area (Å²) in [4.78, 5) is 3.20. The molecule has 13 heavy (non-hydrogen) atoms. The topological polar surface area (TPSA) is 41.8 Å². The molecule has 1 heterocycles. The fraction of sp³-hybridized carbons (Fsp3) is 0.200. The number of nitrogens with one attached hydrogen (secondary N) is 1. The number of H-pyrrole nitrogens is 1. The Labute approximate surface area is 85.3 Å². The predicted octanol–water partition coefficient (Wildman–Crippen LogP) is 2.43. The predicted molar refractivity (Wildman–Crippen MR) is 58.8 cm³/mol. The van der Waals surface area contributed by atoms with E-state index in [-0.39, 0.29) is 0 Å². The average Bonchev–Trinajstić information content (AvgIpc) is 2.48. The van der Waals surface area contributed by atoms with Gasteiger partial charge in [-0.05, 0) is 40.5 Å². The molecule has 0 radical (unpaired) electrons. The van der Waals surface area contributed by atoms with Gasteiger partial charge in [-0.25, -0.2) is 0 Å². The van der Waals surface area contributed by atoms with Crippen LogP contribution in [0.3, 0.4) is 0 Å². The fourth-order valence-corrected chi connectivity index (χ4v) is 1.92. The van der Waals surface area contributed by atoms with Gasteiger partial charge in [0.1, 0.15) is 0 Å². The molecule has 2 nitrogen and oxygen atoms in total. The summed E-state index contributed by atoms with van der Waals surface area (Å²) in [5.74, 6) is 0. The molecule has 0 bridgehead atoms. The molecule has 0 fully saturated rings. The maximum absolute atomic E-state index is 5.49. The molecule has 68 valence electrons. The summed E-state index contributed by atoms with van der Waals surface area (Å²) in [5, 5.41) is 1.22. The zero-order valence-electron chi connectivity index (χ0n) is 7.18. The van der Waals surface area contributed by atoms with Crippen molar-refractivity contribution in [1.29, 1.82) is 0 Å². The minimum Gasteiger partial charge on any atom is -0.360 e. The largest absolute Gasteiger partial charge is 0.360 e. The van der Waals surface area contributed by atoms with Gasteiger partial charge in [-0.2, -0.15) is 0 Å². The molecular formula is C10H11BrN2. The van der Waals surface area contributed by atoms with E-state index in [0.717, 1.165) is 16.4 Å². The minimum absolute atomic E-state index is 0.702. The van der Waals surface area contributed by atoms with Crippen molar-refractivity contribution in [1.82, 2.24) is 4.98 Å². The molecule has 0 amide bonds. The van der Waals surface area contributed by atoms with E-state index in [1.165, 1.54) is 10.9 Å². The number of nitrogens with two attached hydrogens (primary N) is 1. The van der Waals surface area contributed by atoms with E-state index in [0.29, 0.717) is 6.54 Å². The van der Waals surface area contributed by atoms with E-state index in [1.54, 1.807) is 0 Å². The average molecular weight is 239 g/mol. The Hall–Kier alpha value is -0.800. The zero-order valence-corrected chi connectivity index (χ0v) is 8.76. The van der Waals surface area contributed by atoms with Crippen molar-refractivity contribution in [3.63, 3.8) is 0 Å². The molecule has 2 aromatic rings. The molecule has 0 saturated carbocycles. The number of rotatable bonds is 2. The second-order valence-corrected chi connectivity index (χ2v) is 3.91. The molecule has 0 unspecified atom stereocenters. The summed E-state index contributed by atoms with van der Waals surface area (Å²) in [6, 6.07) is 6.38. The van der Waals surface area contributed by atoms with Crippen molar-refractivity contribution < 1.29 is 0 Å². The number of halogens is 1. The van der Waals surface area contributed by atoms with Crippen LogP contribution < -0.4 is 5.73 Å². The second-order valence-electron chi connectivity index (χ2n) is 3.06. The maximum Gasteiger partial charge on any atom is 0.0468 e. The molecular weight excluding hydrogens is 228 g/mol. The lowest BCUT2D eigenvalue weighted by Gasteiger charge is -1.98. The highest BCUT2D eigenvalue weighted by atomic mass is 79.9. The van der Waals surface area contributed by atoms with Gasteiger partial charge in [0.05, 0.1) is 0 Å². The number of hydrogen-bond donors (Lipinski definition) is 2. The van der Waals surface area contributed by atoms with E-state index in [9.17, 15) is 0 Å². The number of fused-ring (bicyclic) bond motifs is 1. The Morgan fingerprint density at radius 2 is 2.23 bits per heavy atom. The van der Waals surface area contributed by atoms with Crippen LogP contribution in [0.1, 0.15) is 5.56 Å². The van der Waals surface area contributed by atoms with Gasteiger partial charge in [-0.3, -0.25) is 0 Å². The van der Waals surface area contributed by atoms with Crippen LogP contribution in [0.25, 0.3) is 10.9 Å². The van der Waals surface area contributed by atoms with Crippen LogP contribution in [0.2, 0.25) is 0 Å². The molecule has 3 N–H and O–H groups in total. The first-order chi connectivity index (χ1) is 6.31. The van der Waals surface area contributed by atoms with Crippen LogP contribution in [-0.2, 0) is 6.42 Å². The van der Waals surface area contributed by atoms with Crippen LogP contribution in [0, 0.1) is 0 Å². The van der Waals surface area contributed by atoms with Gasteiger partial charge in [0.25, 0.3) is 0 Å². The Morgan fingerprint density at radius 3 is 3.00 bits per heavy atom. The first kappa shape index (κ1) is 8.78. The van der Waals surface area contributed by atoms with Crippen LogP contribution in [-0.4, -0.2) is 11.5 Å². The van der Waals surface area contributed by atoms with Gasteiger partial charge in [0.2, 0.25) is 0 Å². The highest BCUT2D eigenvalue weighted by Gasteiger charge is 2.00. The Morgan fingerprint density at radius 1 is 1.38 bits per heavy atom. The number of benzene rings is 1. The van der Waals surface area contributed by atoms with Crippen molar-refractivity contribution in [2.24, 2.45) is 5.73 Å². The van der Waals surface area contributed by atoms with Crippen LogP contribution >= 0.6 is 15.9 Å². The third-order valence-electron chi connectivity index (χ3n) is 2.13. The molecule has 0 atom stereocenters.